The quantitative estimate of drug-likeness (QED) is 0.871. The van der Waals surface area contributed by atoms with Crippen molar-refractivity contribution in [1.82, 2.24) is 5.32 Å². The van der Waals surface area contributed by atoms with E-state index in [9.17, 15) is 14.0 Å². The largest absolute Gasteiger partial charge is 0.354 e. The molecule has 0 aliphatic carbocycles. The van der Waals surface area contributed by atoms with E-state index < -0.39 is 5.82 Å². The molecule has 0 saturated carbocycles. The molecular formula is C12H13FN2O2S. The third-order valence-corrected chi connectivity index (χ3v) is 3.75. The fraction of sp³-hybridized carbons (Fsp3) is 0.333. The Morgan fingerprint density at radius 1 is 1.50 bits per heavy atom. The van der Waals surface area contributed by atoms with E-state index in [0.717, 1.165) is 5.75 Å². The van der Waals surface area contributed by atoms with Crippen molar-refractivity contribution in [2.45, 2.75) is 11.7 Å². The third-order valence-electron chi connectivity index (χ3n) is 2.53. The molecule has 0 unspecified atom stereocenters. The first-order valence-electron chi connectivity index (χ1n) is 5.60. The highest BCUT2D eigenvalue weighted by Crippen LogP contribution is 2.19. The molecule has 0 spiro atoms. The molecule has 1 aromatic rings. The van der Waals surface area contributed by atoms with Gasteiger partial charge in [-0.25, -0.2) is 4.39 Å². The molecule has 6 heteroatoms. The van der Waals surface area contributed by atoms with E-state index in [0.29, 0.717) is 6.54 Å². The summed E-state index contributed by atoms with van der Waals surface area (Å²) in [7, 11) is 0. The molecule has 1 fully saturated rings. The minimum Gasteiger partial charge on any atom is -0.354 e. The molecular weight excluding hydrogens is 255 g/mol. The van der Waals surface area contributed by atoms with Crippen LogP contribution in [0.1, 0.15) is 6.42 Å². The number of carbonyl (C=O) groups is 2. The summed E-state index contributed by atoms with van der Waals surface area (Å²) >= 11 is 1.45. The summed E-state index contributed by atoms with van der Waals surface area (Å²) in [4.78, 5) is 23.2. The molecule has 18 heavy (non-hydrogen) atoms. The van der Waals surface area contributed by atoms with Gasteiger partial charge in [0.15, 0.2) is 0 Å². The Labute approximate surface area is 108 Å². The Balaban J connectivity index is 1.92. The van der Waals surface area contributed by atoms with Crippen LogP contribution in [0.25, 0.3) is 0 Å². The van der Waals surface area contributed by atoms with Gasteiger partial charge < -0.3 is 10.6 Å². The lowest BCUT2D eigenvalue weighted by Gasteiger charge is -2.20. The van der Waals surface area contributed by atoms with Crippen molar-refractivity contribution in [3.63, 3.8) is 0 Å². The van der Waals surface area contributed by atoms with Crippen molar-refractivity contribution < 1.29 is 14.0 Å². The average molecular weight is 268 g/mol. The second-order valence-electron chi connectivity index (χ2n) is 3.88. The van der Waals surface area contributed by atoms with Crippen molar-refractivity contribution >= 4 is 29.3 Å². The maximum Gasteiger partial charge on any atom is 0.233 e. The normalized spacial score (nSPS) is 19.2. The summed E-state index contributed by atoms with van der Waals surface area (Å²) in [6.45, 7) is 0.634. The SMILES string of the molecule is O=C(C[C@H]1SCCNC1=O)Nc1ccccc1F. The molecule has 1 aromatic carbocycles. The van der Waals surface area contributed by atoms with Gasteiger partial charge in [0.25, 0.3) is 0 Å². The van der Waals surface area contributed by atoms with Gasteiger partial charge in [-0.2, -0.15) is 0 Å². The number of nitrogens with one attached hydrogen (secondary N) is 2. The first-order chi connectivity index (χ1) is 8.66. The molecule has 2 amide bonds. The predicted molar refractivity (Wildman–Crippen MR) is 68.9 cm³/mol. The lowest BCUT2D eigenvalue weighted by atomic mass is 10.2. The number of anilines is 1. The van der Waals surface area contributed by atoms with E-state index in [1.165, 1.54) is 23.9 Å². The minimum absolute atomic E-state index is 0.0604. The van der Waals surface area contributed by atoms with Gasteiger partial charge in [-0.15, -0.1) is 11.8 Å². The molecule has 0 aromatic heterocycles. The van der Waals surface area contributed by atoms with Crippen LogP contribution < -0.4 is 10.6 Å². The first-order valence-corrected chi connectivity index (χ1v) is 6.65. The highest BCUT2D eigenvalue weighted by Gasteiger charge is 2.25. The van der Waals surface area contributed by atoms with Crippen LogP contribution in [0, 0.1) is 5.82 Å². The maximum absolute atomic E-state index is 13.3. The summed E-state index contributed by atoms with van der Waals surface area (Å²) in [5, 5.41) is 4.79. The lowest BCUT2D eigenvalue weighted by Crippen LogP contribution is -2.40. The number of hydrogen-bond acceptors (Lipinski definition) is 3. The van der Waals surface area contributed by atoms with Crippen molar-refractivity contribution in [1.29, 1.82) is 0 Å². The van der Waals surface area contributed by atoms with Crippen LogP contribution in [0.2, 0.25) is 0 Å². The summed E-state index contributed by atoms with van der Waals surface area (Å²) in [6, 6.07) is 5.95. The Kier molecular flexibility index (Phi) is 4.19. The van der Waals surface area contributed by atoms with E-state index in [1.807, 2.05) is 0 Å². The molecule has 1 heterocycles. The van der Waals surface area contributed by atoms with Crippen molar-refractivity contribution in [2.24, 2.45) is 0 Å². The van der Waals surface area contributed by atoms with Crippen molar-refractivity contribution in [3.05, 3.63) is 30.1 Å². The molecule has 2 N–H and O–H groups in total. The summed E-state index contributed by atoms with van der Waals surface area (Å²) in [5.74, 6) is -0.167. The summed E-state index contributed by atoms with van der Waals surface area (Å²) in [5.41, 5.74) is 0.142. The van der Waals surface area contributed by atoms with Gasteiger partial charge in [-0.05, 0) is 12.1 Å². The molecule has 1 atom stereocenters. The number of thioether (sulfide) groups is 1. The van der Waals surface area contributed by atoms with E-state index in [1.54, 1.807) is 12.1 Å². The second-order valence-corrected chi connectivity index (χ2v) is 5.19. The van der Waals surface area contributed by atoms with Gasteiger partial charge in [0.2, 0.25) is 11.8 Å². The Hall–Kier alpha value is -1.56. The highest BCUT2D eigenvalue weighted by atomic mass is 32.2. The van der Waals surface area contributed by atoms with E-state index in [4.69, 9.17) is 0 Å². The van der Waals surface area contributed by atoms with Gasteiger partial charge in [-0.3, -0.25) is 9.59 Å². The Morgan fingerprint density at radius 3 is 3.00 bits per heavy atom. The molecule has 0 bridgehead atoms. The maximum atomic E-state index is 13.3. The summed E-state index contributed by atoms with van der Waals surface area (Å²) < 4.78 is 13.3. The first kappa shape index (κ1) is 12.9. The van der Waals surface area contributed by atoms with E-state index in [-0.39, 0.29) is 29.2 Å². The van der Waals surface area contributed by atoms with Crippen LogP contribution in [-0.2, 0) is 9.59 Å². The number of benzene rings is 1. The number of carbonyl (C=O) groups excluding carboxylic acids is 2. The molecule has 1 aliphatic heterocycles. The highest BCUT2D eigenvalue weighted by molar-refractivity contribution is 8.00. The molecule has 1 saturated heterocycles. The van der Waals surface area contributed by atoms with Crippen LogP contribution in [-0.4, -0.2) is 29.4 Å². The number of hydrogen-bond donors (Lipinski definition) is 2. The van der Waals surface area contributed by atoms with Gasteiger partial charge >= 0.3 is 0 Å². The lowest BCUT2D eigenvalue weighted by molar-refractivity contribution is -0.123. The molecule has 2 rings (SSSR count). The third kappa shape index (κ3) is 3.22. The van der Waals surface area contributed by atoms with Gasteiger partial charge in [0, 0.05) is 18.7 Å². The zero-order valence-corrected chi connectivity index (χ0v) is 10.4. The number of rotatable bonds is 3. The predicted octanol–water partition coefficient (Wildman–Crippen LogP) is 1.39. The van der Waals surface area contributed by atoms with Crippen LogP contribution >= 0.6 is 11.8 Å². The molecule has 0 radical (unpaired) electrons. The fourth-order valence-electron chi connectivity index (χ4n) is 1.65. The van der Waals surface area contributed by atoms with Crippen molar-refractivity contribution in [3.8, 4) is 0 Å². The van der Waals surface area contributed by atoms with E-state index in [2.05, 4.69) is 10.6 Å². The number of halogens is 1. The van der Waals surface area contributed by atoms with Crippen molar-refractivity contribution in [2.75, 3.05) is 17.6 Å². The van der Waals surface area contributed by atoms with Crippen LogP contribution in [0.15, 0.2) is 24.3 Å². The van der Waals surface area contributed by atoms with Crippen LogP contribution in [0.3, 0.4) is 0 Å². The van der Waals surface area contributed by atoms with Crippen LogP contribution in [0.4, 0.5) is 10.1 Å². The Morgan fingerprint density at radius 2 is 2.28 bits per heavy atom. The average Bonchev–Trinajstić information content (AvgIpc) is 2.35. The molecule has 96 valence electrons. The number of amides is 2. The van der Waals surface area contributed by atoms with E-state index >= 15 is 0 Å². The molecule has 1 aliphatic rings. The molecule has 4 nitrogen and oxygen atoms in total. The standard InChI is InChI=1S/C12H13FN2O2S/c13-8-3-1-2-4-9(8)15-11(16)7-10-12(17)14-5-6-18-10/h1-4,10H,5-7H2,(H,14,17)(H,15,16)/t10-/m1/s1. The Bertz CT molecular complexity index is 467. The zero-order chi connectivity index (χ0) is 13.0. The number of para-hydroxylation sites is 1. The fourth-order valence-corrected chi connectivity index (χ4v) is 2.66. The second kappa shape index (κ2) is 5.86. The minimum atomic E-state index is -0.480. The summed E-state index contributed by atoms with van der Waals surface area (Å²) in [6.07, 6.45) is 0.0604. The van der Waals surface area contributed by atoms with Crippen LogP contribution in [0.5, 0.6) is 0 Å². The van der Waals surface area contributed by atoms with Gasteiger partial charge in [0.05, 0.1) is 10.9 Å². The zero-order valence-electron chi connectivity index (χ0n) is 9.61. The van der Waals surface area contributed by atoms with Gasteiger partial charge in [-0.1, -0.05) is 12.1 Å². The topological polar surface area (TPSA) is 58.2 Å². The smallest absolute Gasteiger partial charge is 0.233 e. The van der Waals surface area contributed by atoms with Gasteiger partial charge in [0.1, 0.15) is 5.82 Å². The monoisotopic (exact) mass is 268 g/mol.